The van der Waals surface area contributed by atoms with Crippen molar-refractivity contribution in [3.05, 3.63) is 40.4 Å². The molecule has 0 bridgehead atoms. The standard InChI is InChI=1S/C12H10ClN3O/c1-8(13)11-15-10-5-3-2-4-9(10)12(17)16(11)7-6-14/h2-5,8H,7H2,1H3/t8-/m1/s1. The maximum absolute atomic E-state index is 12.2. The van der Waals surface area contributed by atoms with Gasteiger partial charge in [0.05, 0.1) is 22.3 Å². The number of aromatic nitrogens is 2. The first-order chi connectivity index (χ1) is 8.15. The summed E-state index contributed by atoms with van der Waals surface area (Å²) in [5, 5.41) is 8.83. The fraction of sp³-hybridized carbons (Fsp3) is 0.250. The highest BCUT2D eigenvalue weighted by molar-refractivity contribution is 6.20. The first-order valence-corrected chi connectivity index (χ1v) is 5.59. The van der Waals surface area contributed by atoms with Crippen LogP contribution in [0.5, 0.6) is 0 Å². The summed E-state index contributed by atoms with van der Waals surface area (Å²) in [5.74, 6) is 0.428. The van der Waals surface area contributed by atoms with Crippen LogP contribution < -0.4 is 5.56 Å². The lowest BCUT2D eigenvalue weighted by molar-refractivity contribution is 0.697. The zero-order valence-electron chi connectivity index (χ0n) is 9.22. The molecule has 1 aromatic heterocycles. The lowest BCUT2D eigenvalue weighted by atomic mass is 10.2. The number of para-hydroxylation sites is 1. The zero-order chi connectivity index (χ0) is 12.4. The molecule has 0 amide bonds. The third-order valence-corrected chi connectivity index (χ3v) is 2.67. The summed E-state index contributed by atoms with van der Waals surface area (Å²) in [4.78, 5) is 16.5. The Kier molecular flexibility index (Phi) is 3.12. The number of fused-ring (bicyclic) bond motifs is 1. The summed E-state index contributed by atoms with van der Waals surface area (Å²) in [6.45, 7) is 1.69. The van der Waals surface area contributed by atoms with Gasteiger partial charge in [-0.15, -0.1) is 11.6 Å². The van der Waals surface area contributed by atoms with Gasteiger partial charge in [-0.2, -0.15) is 5.26 Å². The fourth-order valence-electron chi connectivity index (χ4n) is 1.71. The summed E-state index contributed by atoms with van der Waals surface area (Å²) in [6.07, 6.45) is 0. The molecule has 0 aliphatic rings. The molecule has 0 aliphatic heterocycles. The van der Waals surface area contributed by atoms with Gasteiger partial charge in [0, 0.05) is 0 Å². The second-order valence-corrected chi connectivity index (χ2v) is 4.31. The van der Waals surface area contributed by atoms with Crippen molar-refractivity contribution in [3.8, 4) is 6.07 Å². The Balaban J connectivity index is 2.85. The van der Waals surface area contributed by atoms with Crippen LogP contribution in [0.4, 0.5) is 0 Å². The molecule has 1 atom stereocenters. The Morgan fingerprint density at radius 2 is 2.24 bits per heavy atom. The third kappa shape index (κ3) is 2.02. The van der Waals surface area contributed by atoms with Gasteiger partial charge >= 0.3 is 0 Å². The van der Waals surface area contributed by atoms with E-state index in [2.05, 4.69) is 4.98 Å². The largest absolute Gasteiger partial charge is 0.281 e. The molecule has 0 fully saturated rings. The highest BCUT2D eigenvalue weighted by Crippen LogP contribution is 2.18. The first kappa shape index (κ1) is 11.6. The highest BCUT2D eigenvalue weighted by atomic mass is 35.5. The molecule has 1 aromatic carbocycles. The van der Waals surface area contributed by atoms with Gasteiger partial charge in [0.15, 0.2) is 0 Å². The van der Waals surface area contributed by atoms with Gasteiger partial charge in [0.25, 0.3) is 5.56 Å². The summed E-state index contributed by atoms with van der Waals surface area (Å²) < 4.78 is 1.32. The molecule has 17 heavy (non-hydrogen) atoms. The van der Waals surface area contributed by atoms with E-state index in [9.17, 15) is 4.79 Å². The van der Waals surface area contributed by atoms with Crippen molar-refractivity contribution in [2.75, 3.05) is 0 Å². The van der Waals surface area contributed by atoms with Crippen LogP contribution in [-0.2, 0) is 6.54 Å². The smallest absolute Gasteiger partial charge is 0.262 e. The molecule has 2 rings (SSSR count). The average Bonchev–Trinajstić information content (AvgIpc) is 2.32. The van der Waals surface area contributed by atoms with Gasteiger partial charge in [-0.25, -0.2) is 4.98 Å². The van der Waals surface area contributed by atoms with Crippen LogP contribution in [0, 0.1) is 11.3 Å². The van der Waals surface area contributed by atoms with Crippen LogP contribution in [0.2, 0.25) is 0 Å². The van der Waals surface area contributed by atoms with E-state index in [1.165, 1.54) is 4.57 Å². The van der Waals surface area contributed by atoms with Crippen molar-refractivity contribution in [2.45, 2.75) is 18.8 Å². The third-order valence-electron chi connectivity index (χ3n) is 2.48. The van der Waals surface area contributed by atoms with Crippen LogP contribution in [-0.4, -0.2) is 9.55 Å². The van der Waals surface area contributed by atoms with Gasteiger partial charge in [0.1, 0.15) is 12.4 Å². The van der Waals surface area contributed by atoms with E-state index in [1.807, 2.05) is 12.1 Å². The predicted octanol–water partition coefficient (Wildman–Crippen LogP) is 2.22. The molecule has 86 valence electrons. The fourth-order valence-corrected chi connectivity index (χ4v) is 1.88. The van der Waals surface area contributed by atoms with E-state index in [0.29, 0.717) is 16.7 Å². The minimum atomic E-state index is -0.416. The maximum Gasteiger partial charge on any atom is 0.262 e. The Morgan fingerprint density at radius 3 is 2.88 bits per heavy atom. The van der Waals surface area contributed by atoms with Crippen molar-refractivity contribution in [1.82, 2.24) is 9.55 Å². The van der Waals surface area contributed by atoms with Crippen molar-refractivity contribution in [3.63, 3.8) is 0 Å². The summed E-state index contributed by atoms with van der Waals surface area (Å²) >= 11 is 5.98. The molecule has 0 radical (unpaired) electrons. The monoisotopic (exact) mass is 247 g/mol. The lowest BCUT2D eigenvalue weighted by Gasteiger charge is -2.11. The molecular weight excluding hydrogens is 238 g/mol. The molecule has 1 heterocycles. The van der Waals surface area contributed by atoms with Crippen molar-refractivity contribution in [2.24, 2.45) is 0 Å². The molecule has 5 heteroatoms. The Morgan fingerprint density at radius 1 is 1.53 bits per heavy atom. The van der Waals surface area contributed by atoms with E-state index in [0.717, 1.165) is 0 Å². The molecule has 0 N–H and O–H groups in total. The average molecular weight is 248 g/mol. The Labute approximate surface area is 103 Å². The van der Waals surface area contributed by atoms with Gasteiger partial charge in [-0.1, -0.05) is 12.1 Å². The number of hydrogen-bond donors (Lipinski definition) is 0. The molecular formula is C12H10ClN3O. The van der Waals surface area contributed by atoms with Gasteiger partial charge in [-0.05, 0) is 19.1 Å². The topological polar surface area (TPSA) is 58.7 Å². The second kappa shape index (κ2) is 4.56. The highest BCUT2D eigenvalue weighted by Gasteiger charge is 2.14. The SMILES string of the molecule is C[C@@H](Cl)c1nc2ccccc2c(=O)n1CC#N. The summed E-state index contributed by atoms with van der Waals surface area (Å²) in [6, 6.07) is 8.99. The number of hydrogen-bond acceptors (Lipinski definition) is 3. The number of rotatable bonds is 2. The van der Waals surface area contributed by atoms with Crippen molar-refractivity contribution >= 4 is 22.5 Å². The van der Waals surface area contributed by atoms with E-state index in [4.69, 9.17) is 16.9 Å². The van der Waals surface area contributed by atoms with E-state index in [-0.39, 0.29) is 12.1 Å². The number of nitriles is 1. The molecule has 0 spiro atoms. The van der Waals surface area contributed by atoms with E-state index in [1.54, 1.807) is 25.1 Å². The normalized spacial score (nSPS) is 12.3. The Hall–Kier alpha value is -1.86. The molecule has 2 aromatic rings. The van der Waals surface area contributed by atoms with E-state index < -0.39 is 5.38 Å². The quantitative estimate of drug-likeness (QED) is 0.765. The number of halogens is 1. The van der Waals surface area contributed by atoms with Gasteiger partial charge < -0.3 is 0 Å². The van der Waals surface area contributed by atoms with Crippen LogP contribution in [0.3, 0.4) is 0 Å². The van der Waals surface area contributed by atoms with E-state index >= 15 is 0 Å². The lowest BCUT2D eigenvalue weighted by Crippen LogP contribution is -2.25. The minimum absolute atomic E-state index is 0.0386. The zero-order valence-corrected chi connectivity index (χ0v) is 9.98. The van der Waals surface area contributed by atoms with Crippen LogP contribution in [0.1, 0.15) is 18.1 Å². The summed E-state index contributed by atoms with van der Waals surface area (Å²) in [7, 11) is 0. The summed E-state index contributed by atoms with van der Waals surface area (Å²) in [5.41, 5.74) is 0.383. The maximum atomic E-state index is 12.2. The number of benzene rings is 1. The molecule has 0 saturated heterocycles. The molecule has 0 unspecified atom stereocenters. The number of nitrogens with zero attached hydrogens (tertiary/aromatic N) is 3. The van der Waals surface area contributed by atoms with Crippen LogP contribution >= 0.6 is 11.6 Å². The van der Waals surface area contributed by atoms with Crippen LogP contribution in [0.25, 0.3) is 10.9 Å². The van der Waals surface area contributed by atoms with Gasteiger partial charge in [-0.3, -0.25) is 9.36 Å². The molecule has 0 saturated carbocycles. The molecule has 4 nitrogen and oxygen atoms in total. The number of alkyl halides is 1. The minimum Gasteiger partial charge on any atom is -0.281 e. The van der Waals surface area contributed by atoms with Crippen LogP contribution in [0.15, 0.2) is 29.1 Å². The molecule has 0 aliphatic carbocycles. The van der Waals surface area contributed by atoms with Gasteiger partial charge in [0.2, 0.25) is 0 Å². The predicted molar refractivity (Wildman–Crippen MR) is 65.9 cm³/mol. The first-order valence-electron chi connectivity index (χ1n) is 5.15. The van der Waals surface area contributed by atoms with Crippen molar-refractivity contribution in [1.29, 1.82) is 5.26 Å². The van der Waals surface area contributed by atoms with Crippen molar-refractivity contribution < 1.29 is 0 Å². The second-order valence-electron chi connectivity index (χ2n) is 3.65. The Bertz CT molecular complexity index is 655.